The summed E-state index contributed by atoms with van der Waals surface area (Å²) >= 11 is 0. The summed E-state index contributed by atoms with van der Waals surface area (Å²) in [6, 6.07) is 12.6. The number of benzene rings is 1. The van der Waals surface area contributed by atoms with Crippen molar-refractivity contribution >= 4 is 5.84 Å². The minimum absolute atomic E-state index is 0.0266. The van der Waals surface area contributed by atoms with Gasteiger partial charge in [-0.15, -0.1) is 0 Å². The van der Waals surface area contributed by atoms with Gasteiger partial charge in [-0.05, 0) is 17.7 Å². The van der Waals surface area contributed by atoms with Gasteiger partial charge < -0.3 is 15.2 Å². The third-order valence-electron chi connectivity index (χ3n) is 4.05. The van der Waals surface area contributed by atoms with Gasteiger partial charge in [0, 0.05) is 5.92 Å². The number of ether oxygens (including phenoxy) is 2. The number of hydrogen-bond donors (Lipinski definition) is 1. The molecule has 26 heavy (non-hydrogen) atoms. The lowest BCUT2D eigenvalue weighted by molar-refractivity contribution is 0.354. The first-order valence-corrected chi connectivity index (χ1v) is 7.45. The molecule has 8 heteroatoms. The molecule has 1 aromatic carbocycles. The van der Waals surface area contributed by atoms with E-state index < -0.39 is 17.8 Å². The average Bonchev–Trinajstić information content (AvgIpc) is 2.67. The first kappa shape index (κ1) is 18.3. The van der Waals surface area contributed by atoms with Crippen LogP contribution in [-0.4, -0.2) is 20.1 Å². The molecule has 0 saturated carbocycles. The van der Waals surface area contributed by atoms with Crippen LogP contribution >= 0.6 is 0 Å². The standard InChI is InChI=1S/C18H14N6O2/c1-25-14-4-3-10(5-15(14)26-2)16-12(8-21)17(11(6-19)7-20)24-18(23)13(16)9-22/h3-5,11,13,16H,1-2H3,(H2,23,24). The Morgan fingerprint density at radius 3 is 2.23 bits per heavy atom. The smallest absolute Gasteiger partial charge is 0.176 e. The van der Waals surface area contributed by atoms with Crippen molar-refractivity contribution in [2.45, 2.75) is 5.92 Å². The number of nitrogens with two attached hydrogens (primary N) is 1. The van der Waals surface area contributed by atoms with Gasteiger partial charge in [0.15, 0.2) is 17.4 Å². The van der Waals surface area contributed by atoms with E-state index >= 15 is 0 Å². The maximum absolute atomic E-state index is 9.66. The van der Waals surface area contributed by atoms with Crippen molar-refractivity contribution in [2.75, 3.05) is 14.2 Å². The topological polar surface area (TPSA) is 152 Å². The molecule has 1 aromatic rings. The van der Waals surface area contributed by atoms with Crippen LogP contribution in [-0.2, 0) is 0 Å². The lowest BCUT2D eigenvalue weighted by atomic mass is 9.77. The van der Waals surface area contributed by atoms with Gasteiger partial charge in [-0.25, -0.2) is 4.99 Å². The second kappa shape index (κ2) is 7.71. The van der Waals surface area contributed by atoms with Crippen molar-refractivity contribution in [3.8, 4) is 35.8 Å². The minimum atomic E-state index is -1.26. The summed E-state index contributed by atoms with van der Waals surface area (Å²) in [6.07, 6.45) is 0. The van der Waals surface area contributed by atoms with E-state index in [1.54, 1.807) is 30.3 Å². The fourth-order valence-electron chi connectivity index (χ4n) is 2.81. The number of nitrogens with zero attached hydrogens (tertiary/aromatic N) is 5. The summed E-state index contributed by atoms with van der Waals surface area (Å²) < 4.78 is 10.5. The molecule has 8 nitrogen and oxygen atoms in total. The molecule has 0 saturated heterocycles. The predicted molar refractivity (Wildman–Crippen MR) is 90.4 cm³/mol. The molecule has 1 aliphatic rings. The second-order valence-corrected chi connectivity index (χ2v) is 5.34. The zero-order chi connectivity index (χ0) is 19.3. The van der Waals surface area contributed by atoms with Crippen molar-refractivity contribution in [3.63, 3.8) is 0 Å². The van der Waals surface area contributed by atoms with Crippen LogP contribution in [0.1, 0.15) is 11.5 Å². The molecule has 2 unspecified atom stereocenters. The van der Waals surface area contributed by atoms with E-state index in [1.165, 1.54) is 14.2 Å². The highest BCUT2D eigenvalue weighted by atomic mass is 16.5. The molecule has 0 aromatic heterocycles. The summed E-state index contributed by atoms with van der Waals surface area (Å²) in [5.74, 6) is -2.09. The molecule has 0 bridgehead atoms. The minimum Gasteiger partial charge on any atom is -0.493 e. The molecule has 0 amide bonds. The Kier molecular flexibility index (Phi) is 5.43. The van der Waals surface area contributed by atoms with Crippen LogP contribution in [0, 0.1) is 57.2 Å². The van der Waals surface area contributed by atoms with Crippen LogP contribution in [0.15, 0.2) is 34.5 Å². The van der Waals surface area contributed by atoms with Crippen LogP contribution in [0.4, 0.5) is 0 Å². The number of aliphatic imine (C=N–C) groups is 1. The lowest BCUT2D eigenvalue weighted by Gasteiger charge is -2.27. The Morgan fingerprint density at radius 1 is 1.08 bits per heavy atom. The highest BCUT2D eigenvalue weighted by Crippen LogP contribution is 2.41. The Labute approximate surface area is 150 Å². The Balaban J connectivity index is 2.74. The normalized spacial score (nSPS) is 18.8. The van der Waals surface area contributed by atoms with Crippen molar-refractivity contribution in [1.29, 1.82) is 21.0 Å². The average molecular weight is 346 g/mol. The van der Waals surface area contributed by atoms with Crippen molar-refractivity contribution in [3.05, 3.63) is 35.0 Å². The first-order chi connectivity index (χ1) is 12.6. The van der Waals surface area contributed by atoms with E-state index in [0.29, 0.717) is 17.1 Å². The summed E-state index contributed by atoms with van der Waals surface area (Å²) in [4.78, 5) is 4.01. The molecule has 0 fully saturated rings. The molecular weight excluding hydrogens is 332 g/mol. The van der Waals surface area contributed by atoms with Crippen molar-refractivity contribution in [1.82, 2.24) is 0 Å². The van der Waals surface area contributed by atoms with Crippen LogP contribution in [0.5, 0.6) is 11.5 Å². The van der Waals surface area contributed by atoms with Crippen LogP contribution in [0.2, 0.25) is 0 Å². The predicted octanol–water partition coefficient (Wildman–Crippen LogP) is 1.74. The second-order valence-electron chi connectivity index (χ2n) is 5.34. The van der Waals surface area contributed by atoms with Gasteiger partial charge in [0.25, 0.3) is 0 Å². The SMILES string of the molecule is COc1ccc(C2C(C#N)=C(C(C#N)C#N)N=C(N)C2C#N)cc1OC. The number of hydrogen-bond acceptors (Lipinski definition) is 8. The van der Waals surface area contributed by atoms with Gasteiger partial charge in [0.2, 0.25) is 0 Å². The zero-order valence-electron chi connectivity index (χ0n) is 14.1. The summed E-state index contributed by atoms with van der Waals surface area (Å²) in [6.45, 7) is 0. The Hall–Kier alpha value is -4.01. The van der Waals surface area contributed by atoms with Gasteiger partial charge in [-0.3, -0.25) is 0 Å². The summed E-state index contributed by atoms with van der Waals surface area (Å²) in [5, 5.41) is 37.6. The van der Waals surface area contributed by atoms with E-state index in [-0.39, 0.29) is 17.1 Å². The van der Waals surface area contributed by atoms with E-state index in [4.69, 9.17) is 15.2 Å². The van der Waals surface area contributed by atoms with Gasteiger partial charge in [0.05, 0.1) is 49.8 Å². The summed E-state index contributed by atoms with van der Waals surface area (Å²) in [7, 11) is 2.96. The highest BCUT2D eigenvalue weighted by molar-refractivity contribution is 5.89. The molecule has 0 aliphatic carbocycles. The van der Waals surface area contributed by atoms with Crippen LogP contribution in [0.25, 0.3) is 0 Å². The van der Waals surface area contributed by atoms with Crippen molar-refractivity contribution in [2.24, 2.45) is 22.6 Å². The number of amidine groups is 1. The third-order valence-corrected chi connectivity index (χ3v) is 4.05. The molecule has 2 atom stereocenters. The van der Waals surface area contributed by atoms with Crippen molar-refractivity contribution < 1.29 is 9.47 Å². The molecule has 1 heterocycles. The molecule has 128 valence electrons. The van der Waals surface area contributed by atoms with Gasteiger partial charge in [-0.2, -0.15) is 21.0 Å². The van der Waals surface area contributed by atoms with E-state index in [1.807, 2.05) is 12.1 Å². The molecule has 0 radical (unpaired) electrons. The van der Waals surface area contributed by atoms with Gasteiger partial charge in [-0.1, -0.05) is 6.07 Å². The van der Waals surface area contributed by atoms with Gasteiger partial charge in [0.1, 0.15) is 11.8 Å². The maximum Gasteiger partial charge on any atom is 0.176 e. The number of nitriles is 4. The molecule has 0 spiro atoms. The molecule has 2 rings (SSSR count). The fourth-order valence-corrected chi connectivity index (χ4v) is 2.81. The summed E-state index contributed by atoms with van der Waals surface area (Å²) in [5.41, 5.74) is 6.51. The molecule has 2 N–H and O–H groups in total. The highest BCUT2D eigenvalue weighted by Gasteiger charge is 2.38. The monoisotopic (exact) mass is 346 g/mol. The van der Waals surface area contributed by atoms with E-state index in [9.17, 15) is 21.0 Å². The quantitative estimate of drug-likeness (QED) is 0.871. The van der Waals surface area contributed by atoms with Crippen LogP contribution < -0.4 is 15.2 Å². The Morgan fingerprint density at radius 2 is 1.73 bits per heavy atom. The Bertz CT molecular complexity index is 938. The molecule has 1 aliphatic heterocycles. The fraction of sp³-hybridized carbons (Fsp3) is 0.278. The molecular formula is C18H14N6O2. The third kappa shape index (κ3) is 3.00. The largest absolute Gasteiger partial charge is 0.493 e. The maximum atomic E-state index is 9.66. The zero-order valence-corrected chi connectivity index (χ0v) is 14.1. The first-order valence-electron chi connectivity index (χ1n) is 7.45. The number of methoxy groups -OCH3 is 2. The van der Waals surface area contributed by atoms with E-state index in [2.05, 4.69) is 4.99 Å². The van der Waals surface area contributed by atoms with Crippen LogP contribution in [0.3, 0.4) is 0 Å². The van der Waals surface area contributed by atoms with Gasteiger partial charge >= 0.3 is 0 Å². The number of rotatable bonds is 4. The van der Waals surface area contributed by atoms with E-state index in [0.717, 1.165) is 0 Å². The number of allylic oxidation sites excluding steroid dienone is 2. The lowest BCUT2D eigenvalue weighted by Crippen LogP contribution is -2.33.